The highest BCUT2D eigenvalue weighted by Gasteiger charge is 2.35. The van der Waals surface area contributed by atoms with Crippen LogP contribution in [0.5, 0.6) is 0 Å². The first-order chi connectivity index (χ1) is 10.0. The molecule has 1 atom stereocenters. The summed E-state index contributed by atoms with van der Waals surface area (Å²) in [5.41, 5.74) is 1.34. The molecule has 0 bridgehead atoms. The van der Waals surface area contributed by atoms with Gasteiger partial charge in [-0.3, -0.25) is 10.1 Å². The molecule has 1 amide bonds. The molecule has 0 spiro atoms. The Morgan fingerprint density at radius 1 is 1.24 bits per heavy atom. The second kappa shape index (κ2) is 7.08. The van der Waals surface area contributed by atoms with Gasteiger partial charge in [0.25, 0.3) is 0 Å². The quantitative estimate of drug-likeness (QED) is 0.775. The Morgan fingerprint density at radius 2 is 1.95 bits per heavy atom. The fourth-order valence-electron chi connectivity index (χ4n) is 3.05. The minimum absolute atomic E-state index is 0.0316. The molecule has 1 N–H and O–H groups in total. The smallest absolute Gasteiger partial charge is 0.238 e. The van der Waals surface area contributed by atoms with Gasteiger partial charge in [0.15, 0.2) is 0 Å². The zero-order valence-corrected chi connectivity index (χ0v) is 13.6. The lowest BCUT2D eigenvalue weighted by molar-refractivity contribution is -0.129. The van der Waals surface area contributed by atoms with Gasteiger partial charge in [-0.25, -0.2) is 0 Å². The molecule has 21 heavy (non-hydrogen) atoms. The molecule has 1 aromatic carbocycles. The van der Waals surface area contributed by atoms with Crippen molar-refractivity contribution in [2.75, 3.05) is 13.1 Å². The molecule has 2 rings (SSSR count). The molecule has 3 heteroatoms. The summed E-state index contributed by atoms with van der Waals surface area (Å²) in [6, 6.07) is 10.3. The van der Waals surface area contributed by atoms with Crippen molar-refractivity contribution in [2.24, 2.45) is 5.41 Å². The van der Waals surface area contributed by atoms with E-state index in [1.54, 1.807) is 0 Å². The summed E-state index contributed by atoms with van der Waals surface area (Å²) in [5.74, 6) is 0.215. The Kier molecular flexibility index (Phi) is 5.40. The average molecular weight is 288 g/mol. The molecule has 1 heterocycles. The van der Waals surface area contributed by atoms with Crippen molar-refractivity contribution in [2.45, 2.75) is 52.6 Å². The monoisotopic (exact) mass is 288 g/mol. The Morgan fingerprint density at radius 3 is 2.62 bits per heavy atom. The Bertz CT molecular complexity index is 456. The number of rotatable bonds is 7. The SMILES string of the molecule is CCCCCC(C)(C)CN1C(=O)CNC1c1ccccc1. The molecule has 0 aromatic heterocycles. The lowest BCUT2D eigenvalue weighted by Gasteiger charge is -2.34. The van der Waals surface area contributed by atoms with E-state index in [9.17, 15) is 4.79 Å². The second-order valence-electron chi connectivity index (χ2n) is 6.84. The fraction of sp³-hybridized carbons (Fsp3) is 0.611. The van der Waals surface area contributed by atoms with Crippen molar-refractivity contribution in [1.29, 1.82) is 0 Å². The second-order valence-corrected chi connectivity index (χ2v) is 6.84. The molecule has 3 nitrogen and oxygen atoms in total. The minimum Gasteiger partial charge on any atom is -0.321 e. The van der Waals surface area contributed by atoms with Crippen molar-refractivity contribution in [3.8, 4) is 0 Å². The van der Waals surface area contributed by atoms with Crippen molar-refractivity contribution >= 4 is 5.91 Å². The van der Waals surface area contributed by atoms with Crippen LogP contribution in [0.25, 0.3) is 0 Å². The molecule has 116 valence electrons. The fourth-order valence-corrected chi connectivity index (χ4v) is 3.05. The van der Waals surface area contributed by atoms with Crippen LogP contribution in [0.15, 0.2) is 30.3 Å². The third kappa shape index (κ3) is 4.31. The van der Waals surface area contributed by atoms with Crippen molar-refractivity contribution < 1.29 is 4.79 Å². The average Bonchev–Trinajstić information content (AvgIpc) is 2.81. The number of hydrogen-bond donors (Lipinski definition) is 1. The number of carbonyl (C=O) groups excluding carboxylic acids is 1. The summed E-state index contributed by atoms with van der Waals surface area (Å²) in [4.78, 5) is 14.2. The molecule has 1 aromatic rings. The van der Waals surface area contributed by atoms with Crippen LogP contribution in [0.2, 0.25) is 0 Å². The molecule has 0 radical (unpaired) electrons. The molecular weight excluding hydrogens is 260 g/mol. The topological polar surface area (TPSA) is 32.3 Å². The van der Waals surface area contributed by atoms with Gasteiger partial charge in [0.05, 0.1) is 6.54 Å². The summed E-state index contributed by atoms with van der Waals surface area (Å²) in [7, 11) is 0. The molecule has 1 aliphatic rings. The van der Waals surface area contributed by atoms with E-state index in [1.165, 1.54) is 31.2 Å². The summed E-state index contributed by atoms with van der Waals surface area (Å²) in [6.07, 6.45) is 4.97. The predicted molar refractivity (Wildman–Crippen MR) is 86.8 cm³/mol. The van der Waals surface area contributed by atoms with Gasteiger partial charge in [-0.2, -0.15) is 0 Å². The Hall–Kier alpha value is -1.35. The molecule has 1 unspecified atom stereocenters. The minimum atomic E-state index is 0.0316. The van der Waals surface area contributed by atoms with Gasteiger partial charge >= 0.3 is 0 Å². The largest absolute Gasteiger partial charge is 0.321 e. The van der Waals surface area contributed by atoms with E-state index in [4.69, 9.17) is 0 Å². The Balaban J connectivity index is 2.03. The first-order valence-corrected chi connectivity index (χ1v) is 8.11. The normalized spacial score (nSPS) is 19.3. The van der Waals surface area contributed by atoms with Gasteiger partial charge in [-0.1, -0.05) is 70.4 Å². The summed E-state index contributed by atoms with van der Waals surface area (Å²) in [6.45, 7) is 8.05. The van der Waals surface area contributed by atoms with Crippen LogP contribution in [0.4, 0.5) is 0 Å². The van der Waals surface area contributed by atoms with Crippen molar-refractivity contribution in [3.63, 3.8) is 0 Å². The lowest BCUT2D eigenvalue weighted by Crippen LogP contribution is -2.38. The zero-order valence-electron chi connectivity index (χ0n) is 13.6. The number of hydrogen-bond acceptors (Lipinski definition) is 2. The summed E-state index contributed by atoms with van der Waals surface area (Å²) in [5, 5.41) is 3.34. The predicted octanol–water partition coefficient (Wildman–Crippen LogP) is 3.72. The maximum absolute atomic E-state index is 12.2. The van der Waals surface area contributed by atoms with Crippen LogP contribution in [-0.4, -0.2) is 23.9 Å². The summed E-state index contributed by atoms with van der Waals surface area (Å²) >= 11 is 0. The third-order valence-corrected chi connectivity index (χ3v) is 4.25. The highest BCUT2D eigenvalue weighted by atomic mass is 16.2. The number of nitrogens with zero attached hydrogens (tertiary/aromatic N) is 1. The van der Waals surface area contributed by atoms with Gasteiger partial charge in [-0.05, 0) is 17.4 Å². The summed E-state index contributed by atoms with van der Waals surface area (Å²) < 4.78 is 0. The van der Waals surface area contributed by atoms with Crippen LogP contribution in [0, 0.1) is 5.41 Å². The number of benzene rings is 1. The van der Waals surface area contributed by atoms with Crippen LogP contribution >= 0.6 is 0 Å². The Labute approximate surface area is 128 Å². The van der Waals surface area contributed by atoms with Gasteiger partial charge < -0.3 is 4.90 Å². The van der Waals surface area contributed by atoms with Gasteiger partial charge in [0, 0.05) is 6.54 Å². The van der Waals surface area contributed by atoms with Crippen molar-refractivity contribution in [1.82, 2.24) is 10.2 Å². The van der Waals surface area contributed by atoms with E-state index >= 15 is 0 Å². The lowest BCUT2D eigenvalue weighted by atomic mass is 9.86. The first kappa shape index (κ1) is 16.0. The molecular formula is C18H28N2O. The van der Waals surface area contributed by atoms with E-state index in [1.807, 2.05) is 23.1 Å². The molecule has 1 saturated heterocycles. The van der Waals surface area contributed by atoms with Crippen LogP contribution < -0.4 is 5.32 Å². The standard InChI is InChI=1S/C18H28N2O/c1-4-5-9-12-18(2,3)14-20-16(21)13-19-17(20)15-10-7-6-8-11-15/h6-8,10-11,17,19H,4-5,9,12-14H2,1-3H3. The number of amides is 1. The van der Waals surface area contributed by atoms with E-state index in [0.717, 1.165) is 6.54 Å². The van der Waals surface area contributed by atoms with Crippen LogP contribution in [-0.2, 0) is 4.79 Å². The number of carbonyl (C=O) groups is 1. The molecule has 0 saturated carbocycles. The van der Waals surface area contributed by atoms with Crippen molar-refractivity contribution in [3.05, 3.63) is 35.9 Å². The van der Waals surface area contributed by atoms with E-state index in [-0.39, 0.29) is 17.5 Å². The first-order valence-electron chi connectivity index (χ1n) is 8.11. The highest BCUT2D eigenvalue weighted by Crippen LogP contribution is 2.30. The highest BCUT2D eigenvalue weighted by molar-refractivity contribution is 5.81. The van der Waals surface area contributed by atoms with Gasteiger partial charge in [-0.15, -0.1) is 0 Å². The molecule has 0 aliphatic carbocycles. The van der Waals surface area contributed by atoms with Gasteiger partial charge in [0.1, 0.15) is 6.17 Å². The van der Waals surface area contributed by atoms with E-state index in [0.29, 0.717) is 6.54 Å². The van der Waals surface area contributed by atoms with E-state index < -0.39 is 0 Å². The number of unbranched alkanes of at least 4 members (excludes halogenated alkanes) is 2. The molecule has 1 fully saturated rings. The molecule has 1 aliphatic heterocycles. The van der Waals surface area contributed by atoms with Crippen LogP contribution in [0.3, 0.4) is 0 Å². The van der Waals surface area contributed by atoms with E-state index in [2.05, 4.69) is 38.2 Å². The van der Waals surface area contributed by atoms with Crippen LogP contribution in [0.1, 0.15) is 58.2 Å². The maximum Gasteiger partial charge on any atom is 0.238 e. The third-order valence-electron chi connectivity index (χ3n) is 4.25. The zero-order chi connectivity index (χ0) is 15.3. The van der Waals surface area contributed by atoms with Gasteiger partial charge in [0.2, 0.25) is 5.91 Å². The number of nitrogens with one attached hydrogen (secondary N) is 1. The maximum atomic E-state index is 12.2.